The van der Waals surface area contributed by atoms with Crippen LogP contribution in [0, 0.1) is 0 Å². The molecule has 23 heavy (non-hydrogen) atoms. The van der Waals surface area contributed by atoms with Crippen LogP contribution in [0.25, 0.3) is 0 Å². The summed E-state index contributed by atoms with van der Waals surface area (Å²) in [6.45, 7) is 5.92. The number of nitrogens with one attached hydrogen (secondary N) is 1. The van der Waals surface area contributed by atoms with E-state index < -0.39 is 6.10 Å². The molecule has 2 aromatic carbocycles. The van der Waals surface area contributed by atoms with Gasteiger partial charge in [0, 0.05) is 10.2 Å². The van der Waals surface area contributed by atoms with Crippen molar-refractivity contribution in [3.05, 3.63) is 57.5 Å². The zero-order valence-electron chi connectivity index (χ0n) is 13.3. The van der Waals surface area contributed by atoms with Crippen molar-refractivity contribution < 1.29 is 9.53 Å². The SMILES string of the molecule is CC(C)c1ccccc1O[C@@H](C)C(=O)Nc1ccc(Br)c(Cl)c1. The third-order valence-corrected chi connectivity index (χ3v) is 4.63. The Hall–Kier alpha value is -1.52. The van der Waals surface area contributed by atoms with Crippen LogP contribution in [0.3, 0.4) is 0 Å². The zero-order valence-corrected chi connectivity index (χ0v) is 15.6. The molecule has 0 saturated carbocycles. The van der Waals surface area contributed by atoms with E-state index in [0.29, 0.717) is 16.6 Å². The molecule has 0 unspecified atom stereocenters. The lowest BCUT2D eigenvalue weighted by Crippen LogP contribution is -2.30. The van der Waals surface area contributed by atoms with Crippen LogP contribution in [0.15, 0.2) is 46.9 Å². The van der Waals surface area contributed by atoms with Gasteiger partial charge in [-0.25, -0.2) is 0 Å². The Morgan fingerprint density at radius 2 is 1.87 bits per heavy atom. The number of anilines is 1. The maximum atomic E-state index is 12.3. The van der Waals surface area contributed by atoms with Gasteiger partial charge in [-0.05, 0) is 58.6 Å². The average Bonchev–Trinajstić information content (AvgIpc) is 2.51. The standard InChI is InChI=1S/C18H19BrClNO2/c1-11(2)14-6-4-5-7-17(14)23-12(3)18(22)21-13-8-9-15(19)16(20)10-13/h4-12H,1-3H3,(H,21,22)/t12-/m0/s1. The topological polar surface area (TPSA) is 38.3 Å². The molecule has 1 N–H and O–H groups in total. The number of amides is 1. The minimum Gasteiger partial charge on any atom is -0.481 e. The summed E-state index contributed by atoms with van der Waals surface area (Å²) in [6.07, 6.45) is -0.614. The molecule has 3 nitrogen and oxygen atoms in total. The second-order valence-electron chi connectivity index (χ2n) is 5.57. The summed E-state index contributed by atoms with van der Waals surface area (Å²) in [6, 6.07) is 13.0. The van der Waals surface area contributed by atoms with Crippen molar-refractivity contribution in [3.8, 4) is 5.75 Å². The van der Waals surface area contributed by atoms with E-state index >= 15 is 0 Å². The fraction of sp³-hybridized carbons (Fsp3) is 0.278. The first-order valence-electron chi connectivity index (χ1n) is 7.40. The van der Waals surface area contributed by atoms with Crippen molar-refractivity contribution >= 4 is 39.1 Å². The Morgan fingerprint density at radius 3 is 2.52 bits per heavy atom. The van der Waals surface area contributed by atoms with Crippen LogP contribution < -0.4 is 10.1 Å². The zero-order chi connectivity index (χ0) is 17.0. The molecule has 0 aliphatic rings. The largest absolute Gasteiger partial charge is 0.481 e. The molecule has 0 spiro atoms. The minimum atomic E-state index is -0.614. The first-order chi connectivity index (χ1) is 10.9. The fourth-order valence-corrected chi connectivity index (χ4v) is 2.55. The van der Waals surface area contributed by atoms with Gasteiger partial charge in [0.1, 0.15) is 5.75 Å². The Balaban J connectivity index is 2.07. The lowest BCUT2D eigenvalue weighted by molar-refractivity contribution is -0.122. The Kier molecular flexibility index (Phi) is 6.08. The van der Waals surface area contributed by atoms with Gasteiger partial charge in [-0.3, -0.25) is 4.79 Å². The molecule has 0 aliphatic carbocycles. The number of para-hydroxylation sites is 1. The molecule has 0 heterocycles. The summed E-state index contributed by atoms with van der Waals surface area (Å²) in [7, 11) is 0. The molecular weight excluding hydrogens is 378 g/mol. The third kappa shape index (κ3) is 4.72. The molecule has 0 bridgehead atoms. The normalized spacial score (nSPS) is 12.1. The summed E-state index contributed by atoms with van der Waals surface area (Å²) < 4.78 is 6.63. The summed E-state index contributed by atoms with van der Waals surface area (Å²) >= 11 is 9.35. The molecule has 0 fully saturated rings. The van der Waals surface area contributed by atoms with Crippen LogP contribution in [0.1, 0.15) is 32.3 Å². The van der Waals surface area contributed by atoms with Crippen molar-refractivity contribution in [3.63, 3.8) is 0 Å². The maximum absolute atomic E-state index is 12.3. The molecule has 0 saturated heterocycles. The molecule has 0 aliphatic heterocycles. The van der Waals surface area contributed by atoms with E-state index in [1.54, 1.807) is 25.1 Å². The van der Waals surface area contributed by atoms with Crippen molar-refractivity contribution in [2.24, 2.45) is 0 Å². The summed E-state index contributed by atoms with van der Waals surface area (Å²) in [5.74, 6) is 0.840. The Morgan fingerprint density at radius 1 is 1.17 bits per heavy atom. The van der Waals surface area contributed by atoms with Crippen molar-refractivity contribution in [2.45, 2.75) is 32.8 Å². The van der Waals surface area contributed by atoms with Crippen LogP contribution in [0.2, 0.25) is 5.02 Å². The van der Waals surface area contributed by atoms with Crippen LogP contribution in [0.5, 0.6) is 5.75 Å². The Bertz CT molecular complexity index is 703. The lowest BCUT2D eigenvalue weighted by atomic mass is 10.0. The molecule has 2 aromatic rings. The first-order valence-corrected chi connectivity index (χ1v) is 8.57. The van der Waals surface area contributed by atoms with E-state index in [1.807, 2.05) is 24.3 Å². The second kappa shape index (κ2) is 7.84. The molecule has 0 radical (unpaired) electrons. The van der Waals surface area contributed by atoms with Gasteiger partial charge in [-0.2, -0.15) is 0 Å². The van der Waals surface area contributed by atoms with Gasteiger partial charge in [0.25, 0.3) is 5.91 Å². The number of hydrogen-bond donors (Lipinski definition) is 1. The van der Waals surface area contributed by atoms with Gasteiger partial charge in [0.05, 0.1) is 5.02 Å². The first kappa shape index (κ1) is 17.8. The highest BCUT2D eigenvalue weighted by atomic mass is 79.9. The molecule has 2 rings (SSSR count). The maximum Gasteiger partial charge on any atom is 0.265 e. The summed E-state index contributed by atoms with van der Waals surface area (Å²) in [5, 5.41) is 3.35. The van der Waals surface area contributed by atoms with E-state index in [4.69, 9.17) is 16.3 Å². The molecule has 5 heteroatoms. The van der Waals surface area contributed by atoms with Crippen molar-refractivity contribution in [1.82, 2.24) is 0 Å². The Labute approximate surface area is 150 Å². The second-order valence-corrected chi connectivity index (χ2v) is 6.83. The lowest BCUT2D eigenvalue weighted by Gasteiger charge is -2.18. The molecule has 122 valence electrons. The number of halogens is 2. The number of carbonyl (C=O) groups excluding carboxylic acids is 1. The number of ether oxygens (including phenoxy) is 1. The van der Waals surface area contributed by atoms with Gasteiger partial charge in [-0.1, -0.05) is 43.6 Å². The van der Waals surface area contributed by atoms with Crippen LogP contribution in [0.4, 0.5) is 5.69 Å². The van der Waals surface area contributed by atoms with Crippen LogP contribution >= 0.6 is 27.5 Å². The summed E-state index contributed by atoms with van der Waals surface area (Å²) in [4.78, 5) is 12.3. The van der Waals surface area contributed by atoms with Gasteiger partial charge in [0.2, 0.25) is 0 Å². The van der Waals surface area contributed by atoms with Crippen molar-refractivity contribution in [1.29, 1.82) is 0 Å². The van der Waals surface area contributed by atoms with E-state index in [9.17, 15) is 4.79 Å². The monoisotopic (exact) mass is 395 g/mol. The minimum absolute atomic E-state index is 0.220. The smallest absolute Gasteiger partial charge is 0.265 e. The number of benzene rings is 2. The van der Waals surface area contributed by atoms with Gasteiger partial charge >= 0.3 is 0 Å². The third-order valence-electron chi connectivity index (χ3n) is 3.40. The van der Waals surface area contributed by atoms with E-state index in [1.165, 1.54) is 0 Å². The van der Waals surface area contributed by atoms with Crippen LogP contribution in [-0.4, -0.2) is 12.0 Å². The van der Waals surface area contributed by atoms with E-state index in [0.717, 1.165) is 15.8 Å². The molecular formula is C18H19BrClNO2. The molecule has 1 amide bonds. The number of hydrogen-bond acceptors (Lipinski definition) is 2. The predicted octanol–water partition coefficient (Wildman–Crippen LogP) is 5.63. The summed E-state index contributed by atoms with van der Waals surface area (Å²) in [5.41, 5.74) is 1.72. The number of carbonyl (C=O) groups is 1. The van der Waals surface area contributed by atoms with E-state index in [-0.39, 0.29) is 5.91 Å². The predicted molar refractivity (Wildman–Crippen MR) is 98.4 cm³/mol. The quantitative estimate of drug-likeness (QED) is 0.711. The molecule has 1 atom stereocenters. The number of rotatable bonds is 5. The van der Waals surface area contributed by atoms with Gasteiger partial charge in [-0.15, -0.1) is 0 Å². The van der Waals surface area contributed by atoms with Crippen LogP contribution in [-0.2, 0) is 4.79 Å². The highest BCUT2D eigenvalue weighted by Gasteiger charge is 2.17. The van der Waals surface area contributed by atoms with Gasteiger partial charge in [0.15, 0.2) is 6.10 Å². The fourth-order valence-electron chi connectivity index (χ4n) is 2.13. The highest BCUT2D eigenvalue weighted by molar-refractivity contribution is 9.10. The molecule has 0 aromatic heterocycles. The van der Waals surface area contributed by atoms with E-state index in [2.05, 4.69) is 35.1 Å². The van der Waals surface area contributed by atoms with Gasteiger partial charge < -0.3 is 10.1 Å². The average molecular weight is 397 g/mol. The highest BCUT2D eigenvalue weighted by Crippen LogP contribution is 2.28. The van der Waals surface area contributed by atoms with Crippen molar-refractivity contribution in [2.75, 3.05) is 5.32 Å².